The van der Waals surface area contributed by atoms with E-state index in [0.29, 0.717) is 5.69 Å². The molecule has 0 aromatic heterocycles. The first kappa shape index (κ1) is 12.5. The van der Waals surface area contributed by atoms with Crippen molar-refractivity contribution in [1.29, 1.82) is 0 Å². The lowest BCUT2D eigenvalue weighted by Crippen LogP contribution is -2.38. The van der Waals surface area contributed by atoms with E-state index in [1.54, 1.807) is 12.1 Å². The number of halogens is 1. The number of nitrogens with two attached hydrogens (primary N) is 2. The molecule has 1 atom stereocenters. The number of benzene rings is 1. The Hall–Kier alpha value is -1.56. The third-order valence-electron chi connectivity index (χ3n) is 1.95. The van der Waals surface area contributed by atoms with Crippen LogP contribution in [0.4, 0.5) is 5.69 Å². The van der Waals surface area contributed by atoms with Gasteiger partial charge in [0.25, 0.3) is 0 Å². The van der Waals surface area contributed by atoms with Gasteiger partial charge in [0.05, 0.1) is 6.42 Å². The lowest BCUT2D eigenvalue weighted by molar-refractivity contribution is -0.123. The molecule has 0 fully saturated rings. The van der Waals surface area contributed by atoms with Gasteiger partial charge in [0, 0.05) is 10.2 Å². The molecule has 6 heteroatoms. The molecule has 1 aromatic carbocycles. The number of para-hydroxylation sites is 1. The van der Waals surface area contributed by atoms with E-state index in [1.165, 1.54) is 0 Å². The number of hydrogen-bond acceptors (Lipinski definition) is 3. The summed E-state index contributed by atoms with van der Waals surface area (Å²) in [5.41, 5.74) is 10.9. The molecule has 1 unspecified atom stereocenters. The number of primary amides is 2. The number of amides is 2. The molecule has 16 heavy (non-hydrogen) atoms. The van der Waals surface area contributed by atoms with Gasteiger partial charge in [-0.15, -0.1) is 0 Å². The van der Waals surface area contributed by atoms with Crippen LogP contribution in [0.5, 0.6) is 0 Å². The normalized spacial score (nSPS) is 11.8. The van der Waals surface area contributed by atoms with Crippen LogP contribution in [-0.2, 0) is 9.59 Å². The first-order valence-corrected chi connectivity index (χ1v) is 5.38. The van der Waals surface area contributed by atoms with Gasteiger partial charge in [-0.3, -0.25) is 9.59 Å². The second-order valence-corrected chi connectivity index (χ2v) is 4.10. The summed E-state index contributed by atoms with van der Waals surface area (Å²) in [7, 11) is 0. The van der Waals surface area contributed by atoms with Crippen LogP contribution in [0, 0.1) is 0 Å². The molecule has 0 aliphatic carbocycles. The number of rotatable bonds is 5. The molecular weight excluding hydrogens is 274 g/mol. The molecule has 0 spiro atoms. The number of hydrogen-bond donors (Lipinski definition) is 3. The molecule has 1 rings (SSSR count). The first-order chi connectivity index (χ1) is 7.50. The Morgan fingerprint density at radius 3 is 2.44 bits per heavy atom. The topological polar surface area (TPSA) is 98.2 Å². The van der Waals surface area contributed by atoms with Crippen molar-refractivity contribution < 1.29 is 9.59 Å². The minimum absolute atomic E-state index is 0.128. The largest absolute Gasteiger partial charge is 0.372 e. The number of carbonyl (C=O) groups excluding carboxylic acids is 2. The highest BCUT2D eigenvalue weighted by Crippen LogP contribution is 2.22. The van der Waals surface area contributed by atoms with Gasteiger partial charge < -0.3 is 16.8 Å². The Morgan fingerprint density at radius 2 is 1.94 bits per heavy atom. The van der Waals surface area contributed by atoms with Crippen LogP contribution in [0.1, 0.15) is 6.42 Å². The van der Waals surface area contributed by atoms with Crippen LogP contribution in [0.25, 0.3) is 0 Å². The van der Waals surface area contributed by atoms with Gasteiger partial charge in [0.1, 0.15) is 6.04 Å². The molecule has 0 aliphatic rings. The summed E-state index contributed by atoms with van der Waals surface area (Å²) in [5, 5.41) is 2.86. The van der Waals surface area contributed by atoms with Crippen LogP contribution in [0.2, 0.25) is 0 Å². The second-order valence-electron chi connectivity index (χ2n) is 3.25. The summed E-state index contributed by atoms with van der Waals surface area (Å²) >= 11 is 3.31. The number of anilines is 1. The molecule has 0 saturated heterocycles. The molecule has 86 valence electrons. The van der Waals surface area contributed by atoms with Crippen LogP contribution in [0.3, 0.4) is 0 Å². The maximum atomic E-state index is 11.1. The average Bonchev–Trinajstić information content (AvgIpc) is 2.19. The first-order valence-electron chi connectivity index (χ1n) is 4.59. The summed E-state index contributed by atoms with van der Waals surface area (Å²) in [6.07, 6.45) is -0.128. The van der Waals surface area contributed by atoms with E-state index in [-0.39, 0.29) is 6.42 Å². The minimum atomic E-state index is -0.795. The lowest BCUT2D eigenvalue weighted by atomic mass is 10.1. The van der Waals surface area contributed by atoms with Crippen molar-refractivity contribution in [3.05, 3.63) is 28.7 Å². The van der Waals surface area contributed by atoms with Gasteiger partial charge in [-0.05, 0) is 28.1 Å². The highest BCUT2D eigenvalue weighted by Gasteiger charge is 2.18. The van der Waals surface area contributed by atoms with Crippen molar-refractivity contribution >= 4 is 33.4 Å². The molecule has 5 N–H and O–H groups in total. The van der Waals surface area contributed by atoms with Gasteiger partial charge in [0.2, 0.25) is 11.8 Å². The van der Waals surface area contributed by atoms with E-state index in [0.717, 1.165) is 4.47 Å². The van der Waals surface area contributed by atoms with Crippen molar-refractivity contribution in [2.75, 3.05) is 5.32 Å². The summed E-state index contributed by atoms with van der Waals surface area (Å²) in [4.78, 5) is 21.8. The van der Waals surface area contributed by atoms with Crippen molar-refractivity contribution in [3.8, 4) is 0 Å². The third-order valence-corrected chi connectivity index (χ3v) is 2.64. The molecule has 0 radical (unpaired) electrons. The van der Waals surface area contributed by atoms with E-state index in [2.05, 4.69) is 21.2 Å². The predicted octanol–water partition coefficient (Wildman–Crippen LogP) is 0.590. The molecule has 5 nitrogen and oxygen atoms in total. The second kappa shape index (κ2) is 5.50. The third kappa shape index (κ3) is 3.54. The Morgan fingerprint density at radius 1 is 1.31 bits per heavy atom. The Balaban J connectivity index is 2.80. The van der Waals surface area contributed by atoms with E-state index in [9.17, 15) is 9.59 Å². The molecule has 0 saturated carbocycles. The van der Waals surface area contributed by atoms with Gasteiger partial charge in [0.15, 0.2) is 0 Å². The zero-order valence-electron chi connectivity index (χ0n) is 8.44. The Kier molecular flexibility index (Phi) is 4.30. The quantitative estimate of drug-likeness (QED) is 0.738. The maximum absolute atomic E-state index is 11.1. The van der Waals surface area contributed by atoms with Crippen molar-refractivity contribution in [3.63, 3.8) is 0 Å². The number of nitrogens with one attached hydrogen (secondary N) is 1. The minimum Gasteiger partial charge on any atom is -0.372 e. The summed E-state index contributed by atoms with van der Waals surface area (Å²) in [6.45, 7) is 0. The lowest BCUT2D eigenvalue weighted by Gasteiger charge is -2.16. The van der Waals surface area contributed by atoms with Crippen LogP contribution < -0.4 is 16.8 Å². The fourth-order valence-electron chi connectivity index (χ4n) is 1.19. The summed E-state index contributed by atoms with van der Waals surface area (Å²) in [6, 6.07) is 6.42. The Bertz CT molecular complexity index is 409. The van der Waals surface area contributed by atoms with E-state index < -0.39 is 17.9 Å². The highest BCUT2D eigenvalue weighted by atomic mass is 79.9. The SMILES string of the molecule is NC(=O)CC(Nc1ccccc1Br)C(N)=O. The van der Waals surface area contributed by atoms with E-state index in [4.69, 9.17) is 11.5 Å². The van der Waals surface area contributed by atoms with Gasteiger partial charge in [-0.25, -0.2) is 0 Å². The Labute approximate surface area is 101 Å². The van der Waals surface area contributed by atoms with Crippen molar-refractivity contribution in [2.24, 2.45) is 11.5 Å². The van der Waals surface area contributed by atoms with Crippen LogP contribution in [0.15, 0.2) is 28.7 Å². The number of carbonyl (C=O) groups is 2. The van der Waals surface area contributed by atoms with Crippen molar-refractivity contribution in [2.45, 2.75) is 12.5 Å². The smallest absolute Gasteiger partial charge is 0.240 e. The predicted molar refractivity (Wildman–Crippen MR) is 64.6 cm³/mol. The molecule has 1 aromatic rings. The molecule has 2 amide bonds. The van der Waals surface area contributed by atoms with Crippen LogP contribution >= 0.6 is 15.9 Å². The summed E-state index contributed by atoms with van der Waals surface area (Å²) < 4.78 is 0.783. The fourth-order valence-corrected chi connectivity index (χ4v) is 1.59. The van der Waals surface area contributed by atoms with Crippen molar-refractivity contribution in [1.82, 2.24) is 0 Å². The average molecular weight is 286 g/mol. The fraction of sp³-hybridized carbons (Fsp3) is 0.200. The zero-order valence-corrected chi connectivity index (χ0v) is 10.0. The monoisotopic (exact) mass is 285 g/mol. The van der Waals surface area contributed by atoms with Gasteiger partial charge in [-0.2, -0.15) is 0 Å². The van der Waals surface area contributed by atoms with Gasteiger partial charge >= 0.3 is 0 Å². The highest BCUT2D eigenvalue weighted by molar-refractivity contribution is 9.10. The van der Waals surface area contributed by atoms with Crippen LogP contribution in [-0.4, -0.2) is 17.9 Å². The molecular formula is C10H12BrN3O2. The van der Waals surface area contributed by atoms with E-state index >= 15 is 0 Å². The zero-order chi connectivity index (χ0) is 12.1. The summed E-state index contributed by atoms with van der Waals surface area (Å²) in [5.74, 6) is -1.20. The standard InChI is InChI=1S/C10H12BrN3O2/c11-6-3-1-2-4-7(6)14-8(10(13)16)5-9(12)15/h1-4,8,14H,5H2,(H2,12,15)(H2,13,16). The van der Waals surface area contributed by atoms with Gasteiger partial charge in [-0.1, -0.05) is 12.1 Å². The van der Waals surface area contributed by atoms with E-state index in [1.807, 2.05) is 12.1 Å². The molecule has 0 heterocycles. The molecule has 0 aliphatic heterocycles. The molecule has 0 bridgehead atoms. The maximum Gasteiger partial charge on any atom is 0.240 e.